The minimum Gasteiger partial charge on any atom is -0.442 e. The number of hydrogen-bond acceptors (Lipinski definition) is 3. The van der Waals surface area contributed by atoms with Crippen molar-refractivity contribution in [3.05, 3.63) is 28.7 Å². The molecule has 1 aliphatic heterocycles. The number of rotatable bonds is 1. The second-order valence-electron chi connectivity index (χ2n) is 5.53. The van der Waals surface area contributed by atoms with Gasteiger partial charge in [0, 0.05) is 17.6 Å². The average molecular weight is 327 g/mol. The SMILES string of the molecule is CC(C)(C)OC(=O)N1CCCN1c1ccccc1Br. The van der Waals surface area contributed by atoms with Crippen LogP contribution in [0.25, 0.3) is 0 Å². The quantitative estimate of drug-likeness (QED) is 0.786. The minimum absolute atomic E-state index is 0.291. The van der Waals surface area contributed by atoms with E-state index in [1.807, 2.05) is 50.0 Å². The van der Waals surface area contributed by atoms with Crippen LogP contribution in [-0.4, -0.2) is 29.8 Å². The van der Waals surface area contributed by atoms with Crippen LogP contribution in [0.5, 0.6) is 0 Å². The maximum Gasteiger partial charge on any atom is 0.429 e. The molecule has 5 heteroatoms. The maximum absolute atomic E-state index is 12.2. The van der Waals surface area contributed by atoms with E-state index in [1.54, 1.807) is 5.01 Å². The lowest BCUT2D eigenvalue weighted by Gasteiger charge is -2.32. The van der Waals surface area contributed by atoms with Crippen LogP contribution in [0, 0.1) is 0 Å². The first kappa shape index (κ1) is 14.2. The first-order chi connectivity index (χ1) is 8.88. The van der Waals surface area contributed by atoms with Gasteiger partial charge in [-0.05, 0) is 55.3 Å². The first-order valence-corrected chi connectivity index (χ1v) is 7.20. The normalized spacial score (nSPS) is 15.8. The summed E-state index contributed by atoms with van der Waals surface area (Å²) in [6.07, 6.45) is 0.654. The summed E-state index contributed by atoms with van der Waals surface area (Å²) >= 11 is 3.52. The van der Waals surface area contributed by atoms with Crippen molar-refractivity contribution >= 4 is 27.7 Å². The largest absolute Gasteiger partial charge is 0.442 e. The van der Waals surface area contributed by atoms with Crippen LogP contribution in [0.2, 0.25) is 0 Å². The Morgan fingerprint density at radius 3 is 2.58 bits per heavy atom. The second kappa shape index (κ2) is 5.41. The summed E-state index contributed by atoms with van der Waals surface area (Å²) in [6, 6.07) is 7.89. The number of hydrogen-bond donors (Lipinski definition) is 0. The third-order valence-electron chi connectivity index (χ3n) is 2.77. The summed E-state index contributed by atoms with van der Waals surface area (Å²) in [4.78, 5) is 12.2. The van der Waals surface area contributed by atoms with Gasteiger partial charge in [0.25, 0.3) is 0 Å². The third-order valence-corrected chi connectivity index (χ3v) is 3.44. The Balaban J connectivity index is 2.18. The average Bonchev–Trinajstić information content (AvgIpc) is 2.76. The topological polar surface area (TPSA) is 32.8 Å². The zero-order valence-corrected chi connectivity index (χ0v) is 13.1. The van der Waals surface area contributed by atoms with E-state index in [4.69, 9.17) is 4.74 Å². The molecule has 0 spiro atoms. The van der Waals surface area contributed by atoms with E-state index < -0.39 is 5.60 Å². The van der Waals surface area contributed by atoms with E-state index in [-0.39, 0.29) is 6.09 Å². The van der Waals surface area contributed by atoms with Crippen LogP contribution in [0.15, 0.2) is 28.7 Å². The van der Waals surface area contributed by atoms with Crippen LogP contribution in [-0.2, 0) is 4.74 Å². The van der Waals surface area contributed by atoms with Gasteiger partial charge in [0.05, 0.1) is 5.69 Å². The molecule has 1 heterocycles. The monoisotopic (exact) mass is 326 g/mol. The smallest absolute Gasteiger partial charge is 0.429 e. The predicted octanol–water partition coefficient (Wildman–Crippen LogP) is 3.81. The molecule has 2 rings (SSSR count). The molecular weight excluding hydrogens is 308 g/mol. The summed E-state index contributed by atoms with van der Waals surface area (Å²) in [7, 11) is 0. The van der Waals surface area contributed by atoms with Gasteiger partial charge < -0.3 is 4.74 Å². The van der Waals surface area contributed by atoms with Crippen molar-refractivity contribution in [2.75, 3.05) is 18.1 Å². The van der Waals surface area contributed by atoms with E-state index in [2.05, 4.69) is 15.9 Å². The Morgan fingerprint density at radius 1 is 1.26 bits per heavy atom. The van der Waals surface area contributed by atoms with Gasteiger partial charge in [-0.1, -0.05) is 12.1 Å². The van der Waals surface area contributed by atoms with Crippen molar-refractivity contribution in [2.45, 2.75) is 32.8 Å². The van der Waals surface area contributed by atoms with Gasteiger partial charge in [-0.3, -0.25) is 5.01 Å². The number of carbonyl (C=O) groups excluding carboxylic acids is 1. The lowest BCUT2D eigenvalue weighted by Crippen LogP contribution is -2.44. The van der Waals surface area contributed by atoms with Gasteiger partial charge in [-0.15, -0.1) is 0 Å². The molecular formula is C14H19BrN2O2. The fourth-order valence-electron chi connectivity index (χ4n) is 2.03. The fraction of sp³-hybridized carbons (Fsp3) is 0.500. The Bertz CT molecular complexity index is 471. The van der Waals surface area contributed by atoms with Crippen molar-refractivity contribution in [3.8, 4) is 0 Å². The molecule has 0 unspecified atom stereocenters. The van der Waals surface area contributed by atoms with Crippen LogP contribution in [0.4, 0.5) is 10.5 Å². The lowest BCUT2D eigenvalue weighted by molar-refractivity contribution is 0.0274. The van der Waals surface area contributed by atoms with Crippen LogP contribution < -0.4 is 5.01 Å². The summed E-state index contributed by atoms with van der Waals surface area (Å²) in [5.74, 6) is 0. The first-order valence-electron chi connectivity index (χ1n) is 6.41. The van der Waals surface area contributed by atoms with Crippen LogP contribution in [0.3, 0.4) is 0 Å². The van der Waals surface area contributed by atoms with Gasteiger partial charge in [0.15, 0.2) is 0 Å². The molecule has 4 nitrogen and oxygen atoms in total. The molecule has 0 atom stereocenters. The number of carbonyl (C=O) groups is 1. The Labute approximate surface area is 122 Å². The van der Waals surface area contributed by atoms with Crippen molar-refractivity contribution in [2.24, 2.45) is 0 Å². The van der Waals surface area contributed by atoms with Gasteiger partial charge in [-0.25, -0.2) is 9.80 Å². The van der Waals surface area contributed by atoms with Crippen molar-refractivity contribution in [3.63, 3.8) is 0 Å². The molecule has 1 aromatic carbocycles. The minimum atomic E-state index is -0.473. The summed E-state index contributed by atoms with van der Waals surface area (Å²) in [5.41, 5.74) is 0.519. The summed E-state index contributed by atoms with van der Waals surface area (Å²) < 4.78 is 6.42. The number of nitrogens with zero attached hydrogens (tertiary/aromatic N) is 2. The standard InChI is InChI=1S/C14H19BrN2O2/c1-14(2,3)19-13(18)17-10-6-9-16(17)12-8-5-4-7-11(12)15/h4-5,7-8H,6,9-10H2,1-3H3. The number of anilines is 1. The molecule has 0 aliphatic carbocycles. The highest BCUT2D eigenvalue weighted by atomic mass is 79.9. The molecule has 0 saturated carbocycles. The molecule has 1 amide bonds. The summed E-state index contributed by atoms with van der Waals surface area (Å²) in [5, 5.41) is 3.64. The fourth-order valence-corrected chi connectivity index (χ4v) is 2.52. The second-order valence-corrected chi connectivity index (χ2v) is 6.39. The van der Waals surface area contributed by atoms with Crippen molar-refractivity contribution in [1.82, 2.24) is 5.01 Å². The van der Waals surface area contributed by atoms with E-state index in [0.29, 0.717) is 6.54 Å². The maximum atomic E-state index is 12.2. The third kappa shape index (κ3) is 3.41. The molecule has 1 aliphatic rings. The number of amides is 1. The van der Waals surface area contributed by atoms with E-state index in [9.17, 15) is 4.79 Å². The zero-order valence-electron chi connectivity index (χ0n) is 11.5. The van der Waals surface area contributed by atoms with Crippen molar-refractivity contribution < 1.29 is 9.53 Å². The van der Waals surface area contributed by atoms with Crippen molar-refractivity contribution in [1.29, 1.82) is 0 Å². The van der Waals surface area contributed by atoms with Crippen LogP contribution in [0.1, 0.15) is 27.2 Å². The Kier molecular flexibility index (Phi) is 4.04. The molecule has 0 bridgehead atoms. The molecule has 0 N–H and O–H groups in total. The lowest BCUT2D eigenvalue weighted by atomic mass is 10.2. The van der Waals surface area contributed by atoms with Gasteiger partial charge in [0.1, 0.15) is 5.60 Å². The van der Waals surface area contributed by atoms with Gasteiger partial charge >= 0.3 is 6.09 Å². The number of para-hydroxylation sites is 1. The highest BCUT2D eigenvalue weighted by Crippen LogP contribution is 2.30. The number of ether oxygens (including phenoxy) is 1. The number of benzene rings is 1. The molecule has 0 aromatic heterocycles. The molecule has 1 fully saturated rings. The summed E-state index contributed by atoms with van der Waals surface area (Å²) in [6.45, 7) is 7.15. The Morgan fingerprint density at radius 2 is 1.95 bits per heavy atom. The number of hydrazine groups is 1. The van der Waals surface area contributed by atoms with E-state index in [1.165, 1.54) is 0 Å². The van der Waals surface area contributed by atoms with E-state index in [0.717, 1.165) is 23.1 Å². The van der Waals surface area contributed by atoms with E-state index >= 15 is 0 Å². The molecule has 19 heavy (non-hydrogen) atoms. The number of halogens is 1. The zero-order chi connectivity index (χ0) is 14.0. The van der Waals surface area contributed by atoms with Crippen LogP contribution >= 0.6 is 15.9 Å². The molecule has 1 aromatic rings. The Hall–Kier alpha value is -1.23. The van der Waals surface area contributed by atoms with Gasteiger partial charge in [-0.2, -0.15) is 0 Å². The molecule has 104 valence electrons. The predicted molar refractivity (Wildman–Crippen MR) is 79.0 cm³/mol. The molecule has 1 saturated heterocycles. The highest BCUT2D eigenvalue weighted by Gasteiger charge is 2.31. The molecule has 0 radical (unpaired) electrons. The highest BCUT2D eigenvalue weighted by molar-refractivity contribution is 9.10. The van der Waals surface area contributed by atoms with Gasteiger partial charge in [0.2, 0.25) is 0 Å².